The first-order chi connectivity index (χ1) is 15.9. The van der Waals surface area contributed by atoms with Crippen LogP contribution in [0, 0.1) is 0 Å². The first-order valence-corrected chi connectivity index (χ1v) is 11.0. The number of rotatable bonds is 5. The van der Waals surface area contributed by atoms with Crippen molar-refractivity contribution >= 4 is 41.7 Å². The van der Waals surface area contributed by atoms with Crippen molar-refractivity contribution in [2.24, 2.45) is 5.73 Å². The fourth-order valence-corrected chi connectivity index (χ4v) is 4.44. The molecule has 2 aliphatic heterocycles. The predicted molar refractivity (Wildman–Crippen MR) is 126 cm³/mol. The van der Waals surface area contributed by atoms with Crippen LogP contribution >= 0.6 is 12.4 Å². The number of hydrogen-bond donors (Lipinski definition) is 3. The number of nitrogens with one attached hydrogen (secondary N) is 2. The lowest BCUT2D eigenvalue weighted by atomic mass is 9.90. The molecular weight excluding hydrogens is 460 g/mol. The van der Waals surface area contributed by atoms with Crippen LogP contribution in [0.25, 0.3) is 0 Å². The van der Waals surface area contributed by atoms with E-state index in [1.165, 1.54) is 4.90 Å². The van der Waals surface area contributed by atoms with E-state index in [1.54, 1.807) is 42.5 Å². The highest BCUT2D eigenvalue weighted by molar-refractivity contribution is 6.07. The molecule has 10 heteroatoms. The minimum Gasteiger partial charge on any atom is -0.490 e. The van der Waals surface area contributed by atoms with Gasteiger partial charge in [0.2, 0.25) is 11.8 Å². The van der Waals surface area contributed by atoms with Gasteiger partial charge < -0.3 is 20.7 Å². The molecule has 2 aromatic carbocycles. The third kappa shape index (κ3) is 4.62. The molecule has 2 heterocycles. The van der Waals surface area contributed by atoms with E-state index in [0.717, 1.165) is 18.4 Å². The van der Waals surface area contributed by atoms with Gasteiger partial charge in [-0.05, 0) is 67.3 Å². The van der Waals surface area contributed by atoms with Crippen LogP contribution in [0.3, 0.4) is 0 Å². The van der Waals surface area contributed by atoms with Crippen LogP contribution in [0.2, 0.25) is 0 Å². The van der Waals surface area contributed by atoms with Gasteiger partial charge in [-0.15, -0.1) is 12.4 Å². The zero-order valence-electron chi connectivity index (χ0n) is 18.3. The van der Waals surface area contributed by atoms with Gasteiger partial charge in [0.05, 0.1) is 0 Å². The molecule has 3 aliphatic rings. The maximum Gasteiger partial charge on any atom is 0.255 e. The lowest BCUT2D eigenvalue weighted by Gasteiger charge is -2.32. The van der Waals surface area contributed by atoms with E-state index in [9.17, 15) is 19.2 Å². The van der Waals surface area contributed by atoms with E-state index in [4.69, 9.17) is 10.5 Å². The van der Waals surface area contributed by atoms with E-state index < -0.39 is 11.9 Å². The molecule has 0 bridgehead atoms. The van der Waals surface area contributed by atoms with Crippen molar-refractivity contribution in [1.29, 1.82) is 0 Å². The topological polar surface area (TPSA) is 131 Å². The number of piperidine rings is 1. The quantitative estimate of drug-likeness (QED) is 0.556. The molecule has 1 aliphatic carbocycles. The molecule has 178 valence electrons. The number of carbonyl (C=O) groups excluding carboxylic acids is 4. The average Bonchev–Trinajstić information content (AvgIpc) is 3.08. The zero-order chi connectivity index (χ0) is 23.1. The molecule has 0 radical (unpaired) electrons. The van der Waals surface area contributed by atoms with Crippen molar-refractivity contribution < 1.29 is 23.9 Å². The monoisotopic (exact) mass is 484 g/mol. The Morgan fingerprint density at radius 2 is 1.82 bits per heavy atom. The molecule has 1 unspecified atom stereocenters. The van der Waals surface area contributed by atoms with E-state index in [0.29, 0.717) is 29.0 Å². The number of imide groups is 1. The lowest BCUT2D eigenvalue weighted by Crippen LogP contribution is -2.52. The van der Waals surface area contributed by atoms with Crippen molar-refractivity contribution in [1.82, 2.24) is 10.2 Å². The van der Waals surface area contributed by atoms with Crippen LogP contribution in [0.1, 0.15) is 52.0 Å². The Morgan fingerprint density at radius 3 is 2.50 bits per heavy atom. The molecule has 1 saturated heterocycles. The minimum atomic E-state index is -0.669. The van der Waals surface area contributed by atoms with E-state index >= 15 is 0 Å². The van der Waals surface area contributed by atoms with Gasteiger partial charge in [0.25, 0.3) is 11.8 Å². The number of nitrogens with zero attached hydrogens (tertiary/aromatic N) is 1. The molecule has 1 saturated carbocycles. The Bertz CT molecular complexity index is 1150. The lowest BCUT2D eigenvalue weighted by molar-refractivity contribution is -0.136. The van der Waals surface area contributed by atoms with E-state index in [2.05, 4.69) is 10.6 Å². The highest BCUT2D eigenvalue weighted by atomic mass is 35.5. The standard InChI is InChI=1S/C24H24N4O5.ClH/c25-15-10-18(11-15)33-17-4-1-13(2-5-17)22(30)26-16-3-6-19-14(9-16)12-28(24(19)32)20-7-8-21(29)27-23(20)31;/h1-6,9,15,18,20H,7-8,10-12,25H2,(H,26,30)(H,27,29,31);1H/t15-,18+,20?;. The number of ether oxygens (including phenoxy) is 1. The molecule has 2 aromatic rings. The van der Waals surface area contributed by atoms with Crippen LogP contribution in [-0.2, 0) is 16.1 Å². The summed E-state index contributed by atoms with van der Waals surface area (Å²) in [5.74, 6) is -0.599. The van der Waals surface area contributed by atoms with E-state index in [1.807, 2.05) is 0 Å². The predicted octanol–water partition coefficient (Wildman–Crippen LogP) is 1.99. The highest BCUT2D eigenvalue weighted by Gasteiger charge is 2.39. The summed E-state index contributed by atoms with van der Waals surface area (Å²) in [6, 6.07) is 11.5. The maximum absolute atomic E-state index is 12.8. The van der Waals surface area contributed by atoms with Crippen molar-refractivity contribution in [2.75, 3.05) is 5.32 Å². The second-order valence-corrected chi connectivity index (χ2v) is 8.72. The largest absolute Gasteiger partial charge is 0.490 e. The molecule has 4 N–H and O–H groups in total. The Balaban J connectivity index is 0.00000274. The fraction of sp³-hybridized carbons (Fsp3) is 0.333. The summed E-state index contributed by atoms with van der Waals surface area (Å²) in [6.07, 6.45) is 2.32. The Morgan fingerprint density at radius 1 is 1.09 bits per heavy atom. The summed E-state index contributed by atoms with van der Waals surface area (Å²) in [7, 11) is 0. The van der Waals surface area contributed by atoms with Crippen molar-refractivity contribution in [2.45, 2.75) is 50.4 Å². The van der Waals surface area contributed by atoms with E-state index in [-0.39, 0.29) is 55.2 Å². The molecule has 4 amide bonds. The van der Waals surface area contributed by atoms with Gasteiger partial charge in [-0.1, -0.05) is 0 Å². The molecule has 0 spiro atoms. The van der Waals surface area contributed by atoms with Gasteiger partial charge in [-0.3, -0.25) is 24.5 Å². The number of benzene rings is 2. The molecule has 34 heavy (non-hydrogen) atoms. The number of nitrogens with two attached hydrogens (primary N) is 1. The SMILES string of the molecule is Cl.N[C@H]1C[C@@H](Oc2ccc(C(=O)Nc3ccc4c(c3)CN(C3CCC(=O)NC3=O)C4=O)cc2)C1. The first kappa shape index (κ1) is 23.7. The molecule has 0 aromatic heterocycles. The number of amides is 4. The molecule has 2 fully saturated rings. The average molecular weight is 485 g/mol. The summed E-state index contributed by atoms with van der Waals surface area (Å²) in [5, 5.41) is 5.14. The normalized spacial score (nSPS) is 23.4. The number of halogens is 1. The smallest absolute Gasteiger partial charge is 0.255 e. The summed E-state index contributed by atoms with van der Waals surface area (Å²) in [5.41, 5.74) is 8.03. The second-order valence-electron chi connectivity index (χ2n) is 8.72. The number of fused-ring (bicyclic) bond motifs is 1. The molecule has 5 rings (SSSR count). The van der Waals surface area contributed by atoms with Gasteiger partial charge in [-0.25, -0.2) is 0 Å². The number of anilines is 1. The maximum atomic E-state index is 12.8. The summed E-state index contributed by atoms with van der Waals surface area (Å²) >= 11 is 0. The number of hydrogen-bond acceptors (Lipinski definition) is 6. The number of carbonyl (C=O) groups is 4. The Hall–Kier alpha value is -3.43. The Kier molecular flexibility index (Phi) is 6.58. The minimum absolute atomic E-state index is 0. The van der Waals surface area contributed by atoms with Gasteiger partial charge in [-0.2, -0.15) is 0 Å². The van der Waals surface area contributed by atoms with Gasteiger partial charge in [0, 0.05) is 35.8 Å². The molecular formula is C24H25ClN4O5. The molecule has 9 nitrogen and oxygen atoms in total. The summed E-state index contributed by atoms with van der Waals surface area (Å²) in [4.78, 5) is 50.5. The van der Waals surface area contributed by atoms with Gasteiger partial charge >= 0.3 is 0 Å². The second kappa shape index (κ2) is 9.44. The van der Waals surface area contributed by atoms with Crippen LogP contribution in [0.15, 0.2) is 42.5 Å². The fourth-order valence-electron chi connectivity index (χ4n) is 4.44. The van der Waals surface area contributed by atoms with Gasteiger partial charge in [0.15, 0.2) is 0 Å². The van der Waals surface area contributed by atoms with Crippen molar-refractivity contribution in [3.8, 4) is 5.75 Å². The van der Waals surface area contributed by atoms with Crippen LogP contribution in [-0.4, -0.2) is 46.7 Å². The third-order valence-electron chi connectivity index (χ3n) is 6.33. The molecule has 1 atom stereocenters. The van der Waals surface area contributed by atoms with Crippen molar-refractivity contribution in [3.05, 3.63) is 59.2 Å². The highest BCUT2D eigenvalue weighted by Crippen LogP contribution is 2.30. The summed E-state index contributed by atoms with van der Waals surface area (Å²) < 4.78 is 5.81. The van der Waals surface area contributed by atoms with Crippen LogP contribution < -0.4 is 21.1 Å². The zero-order valence-corrected chi connectivity index (χ0v) is 19.1. The van der Waals surface area contributed by atoms with Crippen LogP contribution in [0.4, 0.5) is 5.69 Å². The Labute approximate surface area is 202 Å². The summed E-state index contributed by atoms with van der Waals surface area (Å²) in [6.45, 7) is 0.251. The van der Waals surface area contributed by atoms with Crippen LogP contribution in [0.5, 0.6) is 5.75 Å². The third-order valence-corrected chi connectivity index (χ3v) is 6.33. The van der Waals surface area contributed by atoms with Gasteiger partial charge in [0.1, 0.15) is 17.9 Å². The van der Waals surface area contributed by atoms with Crippen molar-refractivity contribution in [3.63, 3.8) is 0 Å². The first-order valence-electron chi connectivity index (χ1n) is 11.0.